The lowest BCUT2D eigenvalue weighted by Crippen LogP contribution is -2.11. The molecule has 2 rings (SSSR count). The van der Waals surface area contributed by atoms with Gasteiger partial charge in [-0.15, -0.1) is 0 Å². The Morgan fingerprint density at radius 2 is 2.10 bits per heavy atom. The number of benzene rings is 1. The number of methoxy groups -OCH3 is 1. The second-order valence-electron chi connectivity index (χ2n) is 4.69. The fraction of sp³-hybridized carbons (Fsp3) is 0.429. The summed E-state index contributed by atoms with van der Waals surface area (Å²) in [6, 6.07) is 5.90. The third-order valence-corrected chi connectivity index (χ3v) is 2.96. The predicted molar refractivity (Wildman–Crippen MR) is 75.6 cm³/mol. The molecule has 108 valence electrons. The molecule has 2 N–H and O–H groups in total. The van der Waals surface area contributed by atoms with Crippen molar-refractivity contribution < 1.29 is 9.47 Å². The minimum absolute atomic E-state index is 0.244. The molecule has 6 heteroatoms. The van der Waals surface area contributed by atoms with Crippen molar-refractivity contribution >= 4 is 0 Å². The van der Waals surface area contributed by atoms with Crippen molar-refractivity contribution in [1.82, 2.24) is 14.8 Å². The average Bonchev–Trinajstić information content (AvgIpc) is 2.93. The van der Waals surface area contributed by atoms with Gasteiger partial charge in [0, 0.05) is 12.6 Å². The number of ether oxygens (including phenoxy) is 2. The van der Waals surface area contributed by atoms with E-state index >= 15 is 0 Å². The van der Waals surface area contributed by atoms with Crippen molar-refractivity contribution in [3.05, 3.63) is 35.9 Å². The highest BCUT2D eigenvalue weighted by Gasteiger charge is 2.10. The maximum atomic E-state index is 5.80. The van der Waals surface area contributed by atoms with E-state index in [1.807, 2.05) is 36.7 Å². The van der Waals surface area contributed by atoms with Gasteiger partial charge in [0.2, 0.25) is 0 Å². The van der Waals surface area contributed by atoms with Crippen LogP contribution in [0.1, 0.15) is 31.3 Å². The Morgan fingerprint density at radius 1 is 1.30 bits per heavy atom. The van der Waals surface area contributed by atoms with Gasteiger partial charge in [0.25, 0.3) is 0 Å². The molecule has 0 spiro atoms. The zero-order valence-electron chi connectivity index (χ0n) is 12.0. The number of aromatic nitrogens is 3. The van der Waals surface area contributed by atoms with E-state index < -0.39 is 0 Å². The molecule has 1 heterocycles. The zero-order chi connectivity index (χ0) is 14.5. The summed E-state index contributed by atoms with van der Waals surface area (Å²) in [5, 5.41) is 4.18. The van der Waals surface area contributed by atoms with Crippen molar-refractivity contribution in [1.29, 1.82) is 0 Å². The third kappa shape index (κ3) is 3.08. The van der Waals surface area contributed by atoms with Crippen LogP contribution >= 0.6 is 0 Å². The molecular weight excluding hydrogens is 256 g/mol. The van der Waals surface area contributed by atoms with Crippen LogP contribution in [0.5, 0.6) is 11.5 Å². The highest BCUT2D eigenvalue weighted by molar-refractivity contribution is 5.42. The molecule has 0 amide bonds. The first-order valence-corrected chi connectivity index (χ1v) is 6.54. The van der Waals surface area contributed by atoms with Crippen LogP contribution < -0.4 is 15.2 Å². The normalized spacial score (nSPS) is 10.8. The number of nitrogens with two attached hydrogens (primary N) is 1. The van der Waals surface area contributed by atoms with Gasteiger partial charge >= 0.3 is 0 Å². The van der Waals surface area contributed by atoms with Gasteiger partial charge in [0.1, 0.15) is 12.9 Å². The maximum Gasteiger partial charge on any atom is 0.165 e. The lowest BCUT2D eigenvalue weighted by atomic mass is 10.2. The van der Waals surface area contributed by atoms with Gasteiger partial charge in [0.05, 0.1) is 7.11 Å². The van der Waals surface area contributed by atoms with Crippen molar-refractivity contribution in [2.24, 2.45) is 5.73 Å². The molecule has 0 fully saturated rings. The second kappa shape index (κ2) is 6.38. The standard InChI is InChI=1S/C14H20N4O2/c1-10(2)18-14(16-9-17-18)8-20-13-6-11(7-15)4-5-12(13)19-3/h4-6,9-10H,7-8,15H2,1-3H3. The van der Waals surface area contributed by atoms with Crippen LogP contribution in [0, 0.1) is 0 Å². The van der Waals surface area contributed by atoms with Crippen LogP contribution in [0.3, 0.4) is 0 Å². The third-order valence-electron chi connectivity index (χ3n) is 2.96. The Labute approximate surface area is 118 Å². The zero-order valence-corrected chi connectivity index (χ0v) is 12.0. The van der Waals surface area contributed by atoms with Gasteiger partial charge in [-0.3, -0.25) is 0 Å². The molecule has 1 aromatic carbocycles. The van der Waals surface area contributed by atoms with Gasteiger partial charge < -0.3 is 15.2 Å². The van der Waals surface area contributed by atoms with E-state index in [2.05, 4.69) is 10.1 Å². The van der Waals surface area contributed by atoms with E-state index in [1.165, 1.54) is 6.33 Å². The van der Waals surface area contributed by atoms with Crippen molar-refractivity contribution in [3.8, 4) is 11.5 Å². The smallest absolute Gasteiger partial charge is 0.165 e. The van der Waals surface area contributed by atoms with E-state index in [1.54, 1.807) is 7.11 Å². The van der Waals surface area contributed by atoms with Crippen LogP contribution in [0.25, 0.3) is 0 Å². The van der Waals surface area contributed by atoms with E-state index in [9.17, 15) is 0 Å². The Bertz CT molecular complexity index is 566. The number of rotatable bonds is 6. The summed E-state index contributed by atoms with van der Waals surface area (Å²) in [5.74, 6) is 2.12. The summed E-state index contributed by atoms with van der Waals surface area (Å²) in [7, 11) is 1.61. The molecule has 6 nitrogen and oxygen atoms in total. The molecule has 2 aromatic rings. The minimum Gasteiger partial charge on any atom is -0.493 e. The molecule has 0 unspecified atom stereocenters. The average molecular weight is 276 g/mol. The van der Waals surface area contributed by atoms with Gasteiger partial charge in [-0.1, -0.05) is 6.07 Å². The number of hydrogen-bond donors (Lipinski definition) is 1. The second-order valence-corrected chi connectivity index (χ2v) is 4.69. The summed E-state index contributed by atoms with van der Waals surface area (Å²) < 4.78 is 12.9. The summed E-state index contributed by atoms with van der Waals surface area (Å²) >= 11 is 0. The van der Waals surface area contributed by atoms with Crippen LogP contribution in [-0.2, 0) is 13.2 Å². The lowest BCUT2D eigenvalue weighted by Gasteiger charge is -2.13. The molecule has 0 atom stereocenters. The number of hydrogen-bond acceptors (Lipinski definition) is 5. The fourth-order valence-corrected chi connectivity index (χ4v) is 1.91. The quantitative estimate of drug-likeness (QED) is 0.872. The molecule has 1 aromatic heterocycles. The summed E-state index contributed by atoms with van der Waals surface area (Å²) in [5.41, 5.74) is 6.63. The van der Waals surface area contributed by atoms with E-state index in [4.69, 9.17) is 15.2 Å². The van der Waals surface area contributed by atoms with E-state index in [0.717, 1.165) is 11.4 Å². The minimum atomic E-state index is 0.244. The maximum absolute atomic E-state index is 5.80. The monoisotopic (exact) mass is 276 g/mol. The van der Waals surface area contributed by atoms with E-state index in [0.29, 0.717) is 24.7 Å². The lowest BCUT2D eigenvalue weighted by molar-refractivity contribution is 0.266. The van der Waals surface area contributed by atoms with Gasteiger partial charge in [0.15, 0.2) is 17.3 Å². The van der Waals surface area contributed by atoms with Gasteiger partial charge in [-0.25, -0.2) is 9.67 Å². The topological polar surface area (TPSA) is 75.2 Å². The fourth-order valence-electron chi connectivity index (χ4n) is 1.91. The molecule has 0 radical (unpaired) electrons. The van der Waals surface area contributed by atoms with Gasteiger partial charge in [-0.05, 0) is 31.5 Å². The van der Waals surface area contributed by atoms with Crippen molar-refractivity contribution in [2.75, 3.05) is 7.11 Å². The number of nitrogens with zero attached hydrogens (tertiary/aromatic N) is 3. The highest BCUT2D eigenvalue weighted by Crippen LogP contribution is 2.28. The summed E-state index contributed by atoms with van der Waals surface area (Å²) in [6.45, 7) is 4.90. The Balaban J connectivity index is 2.15. The summed E-state index contributed by atoms with van der Waals surface area (Å²) in [6.07, 6.45) is 1.53. The molecule has 0 saturated heterocycles. The van der Waals surface area contributed by atoms with Crippen LogP contribution in [0.2, 0.25) is 0 Å². The molecule has 0 aliphatic carbocycles. The van der Waals surface area contributed by atoms with E-state index in [-0.39, 0.29) is 6.04 Å². The SMILES string of the molecule is COc1ccc(CN)cc1OCc1ncnn1C(C)C. The Hall–Kier alpha value is -2.08. The Morgan fingerprint density at radius 3 is 2.75 bits per heavy atom. The van der Waals surface area contributed by atoms with Crippen molar-refractivity contribution in [3.63, 3.8) is 0 Å². The van der Waals surface area contributed by atoms with Crippen LogP contribution in [0.4, 0.5) is 0 Å². The van der Waals surface area contributed by atoms with Crippen molar-refractivity contribution in [2.45, 2.75) is 33.0 Å². The van der Waals surface area contributed by atoms with Crippen LogP contribution in [-0.4, -0.2) is 21.9 Å². The predicted octanol–water partition coefficient (Wildman–Crippen LogP) is 1.91. The molecular formula is C14H20N4O2. The first kappa shape index (κ1) is 14.3. The molecule has 0 aliphatic heterocycles. The largest absolute Gasteiger partial charge is 0.493 e. The Kier molecular flexibility index (Phi) is 4.57. The van der Waals surface area contributed by atoms with Gasteiger partial charge in [-0.2, -0.15) is 5.10 Å². The molecule has 0 aliphatic rings. The first-order chi connectivity index (χ1) is 9.65. The molecule has 20 heavy (non-hydrogen) atoms. The molecule has 0 saturated carbocycles. The summed E-state index contributed by atoms with van der Waals surface area (Å²) in [4.78, 5) is 4.21. The first-order valence-electron chi connectivity index (χ1n) is 6.54. The highest BCUT2D eigenvalue weighted by atomic mass is 16.5. The molecule has 0 bridgehead atoms. The van der Waals surface area contributed by atoms with Crippen LogP contribution in [0.15, 0.2) is 24.5 Å².